The number of nitro benzene ring substituents is 1. The van der Waals surface area contributed by atoms with Crippen molar-refractivity contribution in [2.45, 2.75) is 11.8 Å². The molecule has 0 atom stereocenters. The van der Waals surface area contributed by atoms with Crippen LogP contribution in [0.2, 0.25) is 0 Å². The molecule has 0 amide bonds. The molecule has 0 saturated carbocycles. The van der Waals surface area contributed by atoms with Crippen molar-refractivity contribution in [2.24, 2.45) is 0 Å². The van der Waals surface area contributed by atoms with Gasteiger partial charge in [0.1, 0.15) is 0 Å². The van der Waals surface area contributed by atoms with Gasteiger partial charge in [0.05, 0.1) is 10.6 Å². The normalized spacial score (nSPS) is 11.6. The molecule has 10 heteroatoms. The fourth-order valence-corrected chi connectivity index (χ4v) is 4.89. The van der Waals surface area contributed by atoms with Gasteiger partial charge in [0.15, 0.2) is 9.86 Å². The molecular formula is C18H14N4O4S2. The van der Waals surface area contributed by atoms with Crippen molar-refractivity contribution in [3.63, 3.8) is 0 Å². The highest BCUT2D eigenvalue weighted by atomic mass is 32.2. The average molecular weight is 414 g/mol. The number of thiazole rings is 1. The molecule has 2 heterocycles. The van der Waals surface area contributed by atoms with Gasteiger partial charge < -0.3 is 0 Å². The third-order valence-electron chi connectivity index (χ3n) is 4.15. The number of fused-ring (bicyclic) bond motifs is 1. The summed E-state index contributed by atoms with van der Waals surface area (Å²) in [5, 5.41) is 13.2. The van der Waals surface area contributed by atoms with Crippen molar-refractivity contribution < 1.29 is 13.3 Å². The topological polar surface area (TPSA) is 107 Å². The molecule has 1 N–H and O–H groups in total. The Morgan fingerprint density at radius 3 is 2.71 bits per heavy atom. The van der Waals surface area contributed by atoms with Crippen LogP contribution in [0.15, 0.2) is 65.0 Å². The molecule has 0 aliphatic rings. The summed E-state index contributed by atoms with van der Waals surface area (Å²) in [4.78, 5) is 15.4. The summed E-state index contributed by atoms with van der Waals surface area (Å²) in [6.07, 6.45) is 1.89. The first kappa shape index (κ1) is 18.1. The lowest BCUT2D eigenvalue weighted by Crippen LogP contribution is -2.14. The summed E-state index contributed by atoms with van der Waals surface area (Å²) in [6, 6.07) is 12.0. The summed E-state index contributed by atoms with van der Waals surface area (Å²) in [6.45, 7) is 1.98. The molecule has 2 aromatic heterocycles. The minimum atomic E-state index is -4.12. The first-order chi connectivity index (χ1) is 13.3. The quantitative estimate of drug-likeness (QED) is 0.391. The van der Waals surface area contributed by atoms with Crippen LogP contribution in [0.1, 0.15) is 5.69 Å². The smallest absolute Gasteiger partial charge is 0.289 e. The minimum absolute atomic E-state index is 0.295. The lowest BCUT2D eigenvalue weighted by Gasteiger charge is -2.09. The zero-order chi connectivity index (χ0) is 19.9. The molecule has 0 unspecified atom stereocenters. The molecule has 0 spiro atoms. The van der Waals surface area contributed by atoms with E-state index >= 15 is 0 Å². The Morgan fingerprint density at radius 1 is 1.18 bits per heavy atom. The number of hydrogen-bond acceptors (Lipinski definition) is 6. The Balaban J connectivity index is 1.69. The van der Waals surface area contributed by atoms with E-state index in [2.05, 4.69) is 9.71 Å². The second-order valence-corrected chi connectivity index (χ2v) is 8.55. The molecule has 28 heavy (non-hydrogen) atoms. The Kier molecular flexibility index (Phi) is 4.36. The van der Waals surface area contributed by atoms with E-state index in [1.54, 1.807) is 18.2 Å². The van der Waals surface area contributed by atoms with Gasteiger partial charge in [-0.1, -0.05) is 24.3 Å². The minimum Gasteiger partial charge on any atom is -0.294 e. The number of sulfonamides is 1. The zero-order valence-corrected chi connectivity index (χ0v) is 16.2. The van der Waals surface area contributed by atoms with Gasteiger partial charge in [-0.25, -0.2) is 13.4 Å². The Labute approximate surface area is 164 Å². The van der Waals surface area contributed by atoms with Crippen molar-refractivity contribution in [3.05, 3.63) is 75.9 Å². The molecular weight excluding hydrogens is 400 g/mol. The van der Waals surface area contributed by atoms with Crippen molar-refractivity contribution in [3.8, 4) is 11.3 Å². The highest BCUT2D eigenvalue weighted by Gasteiger charge is 2.25. The SMILES string of the molecule is Cc1csc2nc(-c3cccc(NS(=O)(=O)c4ccccc4[N+](=O)[O-])c3)cn12. The molecule has 2 aromatic carbocycles. The number of para-hydroxylation sites is 1. The number of benzene rings is 2. The highest BCUT2D eigenvalue weighted by Crippen LogP contribution is 2.28. The molecule has 4 aromatic rings. The lowest BCUT2D eigenvalue weighted by molar-refractivity contribution is -0.387. The van der Waals surface area contributed by atoms with Crippen LogP contribution in [0.25, 0.3) is 16.2 Å². The second-order valence-electron chi connectivity index (χ2n) is 6.07. The maximum atomic E-state index is 12.7. The number of nitro groups is 1. The molecule has 8 nitrogen and oxygen atoms in total. The highest BCUT2D eigenvalue weighted by molar-refractivity contribution is 7.92. The molecule has 0 saturated heterocycles. The van der Waals surface area contributed by atoms with E-state index in [0.29, 0.717) is 11.4 Å². The van der Waals surface area contributed by atoms with Crippen molar-refractivity contribution in [1.29, 1.82) is 0 Å². The number of nitrogens with zero attached hydrogens (tertiary/aromatic N) is 3. The second kappa shape index (κ2) is 6.73. The van der Waals surface area contributed by atoms with E-state index in [1.165, 1.54) is 29.5 Å². The first-order valence-electron chi connectivity index (χ1n) is 8.15. The third kappa shape index (κ3) is 3.23. The molecule has 0 fully saturated rings. The zero-order valence-electron chi connectivity index (χ0n) is 14.6. The summed E-state index contributed by atoms with van der Waals surface area (Å²) in [5.74, 6) is 0. The average Bonchev–Trinajstić information content (AvgIpc) is 3.24. The van der Waals surface area contributed by atoms with Crippen LogP contribution in [0.3, 0.4) is 0 Å². The van der Waals surface area contributed by atoms with Crippen molar-refractivity contribution >= 4 is 37.7 Å². The van der Waals surface area contributed by atoms with Gasteiger partial charge in [-0.2, -0.15) is 0 Å². The largest absolute Gasteiger partial charge is 0.294 e. The fourth-order valence-electron chi connectivity index (χ4n) is 2.82. The van der Waals surface area contributed by atoms with Crippen molar-refractivity contribution in [1.82, 2.24) is 9.38 Å². The van der Waals surface area contributed by atoms with Gasteiger partial charge in [-0.15, -0.1) is 11.3 Å². The number of aryl methyl sites for hydroxylation is 1. The van der Waals surface area contributed by atoms with E-state index in [4.69, 9.17) is 0 Å². The number of aromatic nitrogens is 2. The van der Waals surface area contributed by atoms with E-state index in [0.717, 1.165) is 22.3 Å². The van der Waals surface area contributed by atoms with Crippen LogP contribution in [-0.4, -0.2) is 22.7 Å². The van der Waals surface area contributed by atoms with E-state index < -0.39 is 20.6 Å². The Hall–Kier alpha value is -3.24. The fraction of sp³-hybridized carbons (Fsp3) is 0.0556. The van der Waals surface area contributed by atoms with Crippen LogP contribution in [0, 0.1) is 17.0 Å². The molecule has 0 aliphatic carbocycles. The van der Waals surface area contributed by atoms with Gasteiger partial charge in [0, 0.05) is 34.6 Å². The van der Waals surface area contributed by atoms with Crippen LogP contribution >= 0.6 is 11.3 Å². The predicted molar refractivity (Wildman–Crippen MR) is 107 cm³/mol. The monoisotopic (exact) mass is 414 g/mol. The Bertz CT molecular complexity index is 1310. The lowest BCUT2D eigenvalue weighted by atomic mass is 10.1. The van der Waals surface area contributed by atoms with Crippen LogP contribution < -0.4 is 4.72 Å². The number of anilines is 1. The number of hydrogen-bond donors (Lipinski definition) is 1. The van der Waals surface area contributed by atoms with Crippen LogP contribution in [0.5, 0.6) is 0 Å². The molecule has 4 rings (SSSR count). The summed E-state index contributed by atoms with van der Waals surface area (Å²) in [5.41, 5.74) is 2.33. The summed E-state index contributed by atoms with van der Waals surface area (Å²) in [7, 11) is -4.12. The van der Waals surface area contributed by atoms with Crippen LogP contribution in [-0.2, 0) is 10.0 Å². The number of imidazole rings is 1. The predicted octanol–water partition coefficient (Wildman–Crippen LogP) is 4.08. The van der Waals surface area contributed by atoms with E-state index in [1.807, 2.05) is 29.0 Å². The number of rotatable bonds is 5. The maximum Gasteiger partial charge on any atom is 0.289 e. The standard InChI is InChI=1S/C18H14N4O4S2/c1-12-11-27-18-19-15(10-21(12)18)13-5-4-6-14(9-13)20-28(25,26)17-8-3-2-7-16(17)22(23)24/h2-11,20H,1H3. The Morgan fingerprint density at radius 2 is 1.96 bits per heavy atom. The molecule has 0 aliphatic heterocycles. The summed E-state index contributed by atoms with van der Waals surface area (Å²) < 4.78 is 29.7. The van der Waals surface area contributed by atoms with E-state index in [9.17, 15) is 18.5 Å². The number of nitrogens with one attached hydrogen (secondary N) is 1. The van der Waals surface area contributed by atoms with E-state index in [-0.39, 0.29) is 4.90 Å². The van der Waals surface area contributed by atoms with Crippen LogP contribution in [0.4, 0.5) is 11.4 Å². The molecule has 0 bridgehead atoms. The first-order valence-corrected chi connectivity index (χ1v) is 10.5. The molecule has 142 valence electrons. The maximum absolute atomic E-state index is 12.7. The van der Waals surface area contributed by atoms with Gasteiger partial charge in [-0.3, -0.25) is 19.2 Å². The van der Waals surface area contributed by atoms with Crippen molar-refractivity contribution in [2.75, 3.05) is 4.72 Å². The third-order valence-corrected chi connectivity index (χ3v) is 6.54. The van der Waals surface area contributed by atoms with Gasteiger partial charge in [-0.05, 0) is 25.1 Å². The van der Waals surface area contributed by atoms with Gasteiger partial charge in [0.2, 0.25) is 0 Å². The summed E-state index contributed by atoms with van der Waals surface area (Å²) >= 11 is 1.52. The van der Waals surface area contributed by atoms with Gasteiger partial charge >= 0.3 is 0 Å². The van der Waals surface area contributed by atoms with Gasteiger partial charge in [0.25, 0.3) is 15.7 Å². The molecule has 0 radical (unpaired) electrons.